The van der Waals surface area contributed by atoms with Crippen LogP contribution in [0.5, 0.6) is 0 Å². The molecule has 118 valence electrons. The molecule has 0 aliphatic heterocycles. The molecule has 7 nitrogen and oxygen atoms in total. The zero-order chi connectivity index (χ0) is 16.2. The number of anilines is 1. The first-order chi connectivity index (χ1) is 11.1. The lowest BCUT2D eigenvalue weighted by Gasteiger charge is -2.03. The molecule has 0 radical (unpaired) electrons. The van der Waals surface area contributed by atoms with Gasteiger partial charge in [0.2, 0.25) is 11.1 Å². The fraction of sp³-hybridized carbons (Fsp3) is 0.154. The summed E-state index contributed by atoms with van der Waals surface area (Å²) in [6.07, 6.45) is 0. The summed E-state index contributed by atoms with van der Waals surface area (Å²) in [7, 11) is 0. The SMILES string of the molecule is CC(=O)Nc1nc(CSc2nnnn2-c2ccc(Cl)cc2)cs1. The van der Waals surface area contributed by atoms with Gasteiger partial charge in [0, 0.05) is 23.1 Å². The minimum absolute atomic E-state index is 0.134. The fourth-order valence-electron chi connectivity index (χ4n) is 1.73. The standard InChI is InChI=1S/C13H11ClN6OS2/c1-8(21)15-12-16-10(6-22-12)7-23-13-17-18-19-20(13)11-4-2-9(14)3-5-11/h2-6H,7H2,1H3,(H,15,16,21). The summed E-state index contributed by atoms with van der Waals surface area (Å²) in [5.41, 5.74) is 1.69. The second kappa shape index (κ2) is 7.07. The van der Waals surface area contributed by atoms with Crippen LogP contribution in [0.4, 0.5) is 5.13 Å². The summed E-state index contributed by atoms with van der Waals surface area (Å²) in [6.45, 7) is 1.45. The van der Waals surface area contributed by atoms with Crippen molar-refractivity contribution >= 4 is 45.7 Å². The van der Waals surface area contributed by atoms with Gasteiger partial charge in [-0.2, -0.15) is 4.68 Å². The van der Waals surface area contributed by atoms with Crippen molar-refractivity contribution in [1.82, 2.24) is 25.2 Å². The molecule has 0 saturated carbocycles. The smallest absolute Gasteiger partial charge is 0.223 e. The lowest BCUT2D eigenvalue weighted by molar-refractivity contribution is -0.114. The lowest BCUT2D eigenvalue weighted by Crippen LogP contribution is -2.05. The van der Waals surface area contributed by atoms with Gasteiger partial charge in [0.15, 0.2) is 5.13 Å². The predicted octanol–water partition coefficient (Wildman–Crippen LogP) is 3.02. The van der Waals surface area contributed by atoms with Crippen molar-refractivity contribution in [3.63, 3.8) is 0 Å². The first kappa shape index (κ1) is 15.9. The number of tetrazole rings is 1. The Hall–Kier alpha value is -1.97. The van der Waals surface area contributed by atoms with E-state index in [1.807, 2.05) is 17.5 Å². The Morgan fingerprint density at radius 1 is 1.39 bits per heavy atom. The molecule has 3 rings (SSSR count). The first-order valence-electron chi connectivity index (χ1n) is 6.51. The van der Waals surface area contributed by atoms with E-state index < -0.39 is 0 Å². The number of halogens is 1. The molecule has 0 aliphatic carbocycles. The van der Waals surface area contributed by atoms with Gasteiger partial charge in [0.1, 0.15) is 0 Å². The van der Waals surface area contributed by atoms with Crippen LogP contribution in [-0.2, 0) is 10.5 Å². The summed E-state index contributed by atoms with van der Waals surface area (Å²) in [5.74, 6) is 0.467. The van der Waals surface area contributed by atoms with Crippen molar-refractivity contribution in [2.75, 3.05) is 5.32 Å². The molecule has 1 aromatic carbocycles. The number of aromatic nitrogens is 5. The third-order valence-corrected chi connectivity index (χ3v) is 4.71. The monoisotopic (exact) mass is 366 g/mol. The van der Waals surface area contributed by atoms with E-state index in [0.29, 0.717) is 21.1 Å². The number of nitrogens with one attached hydrogen (secondary N) is 1. The van der Waals surface area contributed by atoms with E-state index in [9.17, 15) is 4.79 Å². The van der Waals surface area contributed by atoms with Crippen LogP contribution in [0.3, 0.4) is 0 Å². The van der Waals surface area contributed by atoms with Gasteiger partial charge in [-0.3, -0.25) is 4.79 Å². The molecule has 0 atom stereocenters. The van der Waals surface area contributed by atoms with Crippen LogP contribution in [0.2, 0.25) is 5.02 Å². The molecular weight excluding hydrogens is 356 g/mol. The van der Waals surface area contributed by atoms with Crippen molar-refractivity contribution in [2.45, 2.75) is 17.8 Å². The maximum absolute atomic E-state index is 11.0. The number of hydrogen-bond acceptors (Lipinski definition) is 7. The number of carbonyl (C=O) groups is 1. The zero-order valence-corrected chi connectivity index (χ0v) is 14.3. The summed E-state index contributed by atoms with van der Waals surface area (Å²) in [6, 6.07) is 7.27. The molecule has 0 fully saturated rings. The van der Waals surface area contributed by atoms with E-state index >= 15 is 0 Å². The number of rotatable bonds is 5. The zero-order valence-electron chi connectivity index (χ0n) is 11.9. The van der Waals surface area contributed by atoms with Crippen LogP contribution < -0.4 is 5.32 Å². The Balaban J connectivity index is 1.69. The molecule has 0 bridgehead atoms. The van der Waals surface area contributed by atoms with Crippen LogP contribution in [0.25, 0.3) is 5.69 Å². The highest BCUT2D eigenvalue weighted by Gasteiger charge is 2.11. The highest BCUT2D eigenvalue weighted by molar-refractivity contribution is 7.98. The topological polar surface area (TPSA) is 85.6 Å². The van der Waals surface area contributed by atoms with E-state index in [2.05, 4.69) is 25.8 Å². The molecule has 10 heteroatoms. The van der Waals surface area contributed by atoms with Gasteiger partial charge in [-0.1, -0.05) is 23.4 Å². The minimum Gasteiger partial charge on any atom is -0.302 e. The third-order valence-electron chi connectivity index (χ3n) is 2.70. The average Bonchev–Trinajstić information content (AvgIpc) is 3.14. The number of carbonyl (C=O) groups excluding carboxylic acids is 1. The number of nitrogens with zero attached hydrogens (tertiary/aromatic N) is 5. The molecular formula is C13H11ClN6OS2. The average molecular weight is 367 g/mol. The maximum Gasteiger partial charge on any atom is 0.223 e. The second-order valence-corrected chi connectivity index (χ2v) is 6.70. The molecule has 0 saturated heterocycles. The van der Waals surface area contributed by atoms with Gasteiger partial charge in [0.05, 0.1) is 11.4 Å². The van der Waals surface area contributed by atoms with Crippen molar-refractivity contribution in [1.29, 1.82) is 0 Å². The van der Waals surface area contributed by atoms with Crippen molar-refractivity contribution in [3.05, 3.63) is 40.4 Å². The Morgan fingerprint density at radius 3 is 2.91 bits per heavy atom. The Labute approximate surface area is 145 Å². The molecule has 1 N–H and O–H groups in total. The quantitative estimate of drug-likeness (QED) is 0.698. The highest BCUT2D eigenvalue weighted by Crippen LogP contribution is 2.25. The predicted molar refractivity (Wildman–Crippen MR) is 90.1 cm³/mol. The van der Waals surface area contributed by atoms with E-state index in [0.717, 1.165) is 11.4 Å². The van der Waals surface area contributed by atoms with E-state index in [1.165, 1.54) is 30.0 Å². The van der Waals surface area contributed by atoms with Crippen molar-refractivity contribution in [3.8, 4) is 5.69 Å². The van der Waals surface area contributed by atoms with Gasteiger partial charge < -0.3 is 5.32 Å². The number of thiazole rings is 1. The second-order valence-electron chi connectivity index (χ2n) is 4.46. The van der Waals surface area contributed by atoms with E-state index in [-0.39, 0.29) is 5.91 Å². The lowest BCUT2D eigenvalue weighted by atomic mass is 10.3. The summed E-state index contributed by atoms with van der Waals surface area (Å²) >= 11 is 8.74. The molecule has 1 amide bonds. The normalized spacial score (nSPS) is 10.7. The maximum atomic E-state index is 11.0. The molecule has 0 unspecified atom stereocenters. The molecule has 3 aromatic rings. The molecule has 2 aromatic heterocycles. The van der Waals surface area contributed by atoms with Gasteiger partial charge in [0.25, 0.3) is 0 Å². The Kier molecular flexibility index (Phi) is 4.89. The van der Waals surface area contributed by atoms with Gasteiger partial charge in [-0.15, -0.1) is 16.4 Å². The summed E-state index contributed by atoms with van der Waals surface area (Å²) < 4.78 is 1.64. The highest BCUT2D eigenvalue weighted by atomic mass is 35.5. The molecule has 2 heterocycles. The molecule has 0 aliphatic rings. The van der Waals surface area contributed by atoms with E-state index in [1.54, 1.807) is 16.8 Å². The van der Waals surface area contributed by atoms with E-state index in [4.69, 9.17) is 11.6 Å². The minimum atomic E-state index is -0.134. The Bertz CT molecular complexity index is 816. The fourth-order valence-corrected chi connectivity index (χ4v) is 3.50. The van der Waals surface area contributed by atoms with Crippen LogP contribution in [-0.4, -0.2) is 31.1 Å². The van der Waals surface area contributed by atoms with Gasteiger partial charge in [-0.25, -0.2) is 4.98 Å². The van der Waals surface area contributed by atoms with Crippen LogP contribution in [0, 0.1) is 0 Å². The van der Waals surface area contributed by atoms with Crippen LogP contribution >= 0.6 is 34.7 Å². The third kappa shape index (κ3) is 4.06. The van der Waals surface area contributed by atoms with Crippen LogP contribution in [0.1, 0.15) is 12.6 Å². The van der Waals surface area contributed by atoms with Crippen LogP contribution in [0.15, 0.2) is 34.8 Å². The Morgan fingerprint density at radius 2 is 2.17 bits per heavy atom. The summed E-state index contributed by atoms with van der Waals surface area (Å²) in [4.78, 5) is 15.3. The number of benzene rings is 1. The summed E-state index contributed by atoms with van der Waals surface area (Å²) in [5, 5.41) is 18.2. The number of amides is 1. The van der Waals surface area contributed by atoms with Crippen molar-refractivity contribution in [2.24, 2.45) is 0 Å². The largest absolute Gasteiger partial charge is 0.302 e. The number of hydrogen-bond donors (Lipinski definition) is 1. The molecule has 23 heavy (non-hydrogen) atoms. The van der Waals surface area contributed by atoms with Gasteiger partial charge >= 0.3 is 0 Å². The first-order valence-corrected chi connectivity index (χ1v) is 8.75. The molecule has 0 spiro atoms. The van der Waals surface area contributed by atoms with Gasteiger partial charge in [-0.05, 0) is 34.7 Å². The van der Waals surface area contributed by atoms with Crippen molar-refractivity contribution < 1.29 is 4.79 Å². The number of thioether (sulfide) groups is 1.